The zero-order chi connectivity index (χ0) is 20.9. The topological polar surface area (TPSA) is 55.8 Å². The smallest absolute Gasteiger partial charge is 0.329 e. The number of nitrogens with zero attached hydrogens (tertiary/aromatic N) is 1. The van der Waals surface area contributed by atoms with Gasteiger partial charge in [-0.2, -0.15) is 0 Å². The molecule has 0 aromatic rings. The largest absolute Gasteiger partial charge is 0.472 e. The Balaban J connectivity index is 1.96. The molecule has 28 heavy (non-hydrogen) atoms. The maximum Gasteiger partial charge on any atom is 0.472 e. The molecule has 1 atom stereocenters. The molecule has 0 spiro atoms. The standard InChI is InChI=1S/C22H46NO4P/c1-5-6-9-12-21-14-16-22(17-15-21)13-10-7-8-11-19-26-28(24,25)27-20-18-23(2,3)4/h21-22H,5-20H2,1-4H3/p+1. The summed E-state index contributed by atoms with van der Waals surface area (Å²) in [5, 5.41) is 0. The fourth-order valence-corrected chi connectivity index (χ4v) is 4.77. The first-order chi connectivity index (χ1) is 13.2. The molecule has 0 radical (unpaired) electrons. The van der Waals surface area contributed by atoms with Crippen LogP contribution in [0.1, 0.15) is 90.4 Å². The minimum atomic E-state index is -3.88. The molecule has 5 nitrogen and oxygen atoms in total. The van der Waals surface area contributed by atoms with Gasteiger partial charge < -0.3 is 9.38 Å². The summed E-state index contributed by atoms with van der Waals surface area (Å²) in [6.45, 7) is 3.50. The van der Waals surface area contributed by atoms with Crippen LogP contribution >= 0.6 is 7.82 Å². The van der Waals surface area contributed by atoms with Gasteiger partial charge in [-0.05, 0) is 18.3 Å². The van der Waals surface area contributed by atoms with Crippen LogP contribution in [0.5, 0.6) is 0 Å². The van der Waals surface area contributed by atoms with Crippen LogP contribution in [-0.2, 0) is 13.6 Å². The van der Waals surface area contributed by atoms with E-state index in [1.54, 1.807) is 0 Å². The molecule has 6 heteroatoms. The van der Waals surface area contributed by atoms with E-state index in [2.05, 4.69) is 6.92 Å². The molecule has 1 N–H and O–H groups in total. The minimum Gasteiger partial charge on any atom is -0.329 e. The van der Waals surface area contributed by atoms with Gasteiger partial charge in [0.15, 0.2) is 0 Å². The second-order valence-corrected chi connectivity index (χ2v) is 11.2. The first-order valence-corrected chi connectivity index (χ1v) is 13.1. The van der Waals surface area contributed by atoms with Crippen molar-refractivity contribution in [3.8, 4) is 0 Å². The van der Waals surface area contributed by atoms with Crippen LogP contribution in [0, 0.1) is 11.8 Å². The van der Waals surface area contributed by atoms with Gasteiger partial charge in [-0.25, -0.2) is 4.57 Å². The Kier molecular flexibility index (Phi) is 13.2. The molecule has 0 heterocycles. The summed E-state index contributed by atoms with van der Waals surface area (Å²) in [6.07, 6.45) is 17.1. The fraction of sp³-hybridized carbons (Fsp3) is 1.00. The zero-order valence-corrected chi connectivity index (χ0v) is 19.9. The lowest BCUT2D eigenvalue weighted by molar-refractivity contribution is -0.870. The minimum absolute atomic E-state index is 0.234. The van der Waals surface area contributed by atoms with Gasteiger partial charge in [0.25, 0.3) is 0 Å². The van der Waals surface area contributed by atoms with Crippen molar-refractivity contribution < 1.29 is 23.0 Å². The van der Waals surface area contributed by atoms with E-state index in [0.717, 1.165) is 24.7 Å². The summed E-state index contributed by atoms with van der Waals surface area (Å²) < 4.78 is 22.6. The third-order valence-corrected chi connectivity index (χ3v) is 6.98. The Morgan fingerprint density at radius 1 is 0.821 bits per heavy atom. The van der Waals surface area contributed by atoms with E-state index in [1.165, 1.54) is 70.6 Å². The molecule has 0 aromatic heterocycles. The fourth-order valence-electron chi connectivity index (χ4n) is 4.03. The van der Waals surface area contributed by atoms with Crippen molar-refractivity contribution in [1.82, 2.24) is 0 Å². The molecular formula is C22H47NO4P+. The highest BCUT2D eigenvalue weighted by atomic mass is 31.2. The SMILES string of the molecule is CCCCCC1CCC(CCCCCCOP(=O)(O)OCC[N+](C)(C)C)CC1. The lowest BCUT2D eigenvalue weighted by Gasteiger charge is -2.28. The predicted octanol–water partition coefficient (Wildman–Crippen LogP) is 6.16. The van der Waals surface area contributed by atoms with E-state index < -0.39 is 7.82 Å². The third kappa shape index (κ3) is 14.1. The van der Waals surface area contributed by atoms with Crippen molar-refractivity contribution in [3.63, 3.8) is 0 Å². The van der Waals surface area contributed by atoms with Crippen LogP contribution in [0.15, 0.2) is 0 Å². The number of unbranched alkanes of at least 4 members (excludes halogenated alkanes) is 5. The first-order valence-electron chi connectivity index (χ1n) is 11.6. The molecule has 168 valence electrons. The second-order valence-electron chi connectivity index (χ2n) is 9.73. The van der Waals surface area contributed by atoms with Crippen LogP contribution < -0.4 is 0 Å². The van der Waals surface area contributed by atoms with Crippen LogP contribution in [0.3, 0.4) is 0 Å². The van der Waals surface area contributed by atoms with E-state index in [4.69, 9.17) is 9.05 Å². The van der Waals surface area contributed by atoms with Gasteiger partial charge in [0.2, 0.25) is 0 Å². The Morgan fingerprint density at radius 2 is 1.32 bits per heavy atom. The van der Waals surface area contributed by atoms with Crippen LogP contribution in [0.2, 0.25) is 0 Å². The van der Waals surface area contributed by atoms with E-state index in [0.29, 0.717) is 17.6 Å². The molecular weight excluding hydrogens is 373 g/mol. The lowest BCUT2D eigenvalue weighted by atomic mass is 9.78. The first kappa shape index (κ1) is 26.1. The summed E-state index contributed by atoms with van der Waals surface area (Å²) >= 11 is 0. The van der Waals surface area contributed by atoms with Crippen molar-refractivity contribution in [2.45, 2.75) is 90.4 Å². The van der Waals surface area contributed by atoms with E-state index in [-0.39, 0.29) is 6.61 Å². The van der Waals surface area contributed by atoms with Gasteiger partial charge in [0.05, 0.1) is 27.7 Å². The second kappa shape index (κ2) is 14.1. The van der Waals surface area contributed by atoms with Crippen LogP contribution in [-0.4, -0.2) is 50.3 Å². The number of quaternary nitrogens is 1. The molecule has 1 fully saturated rings. The molecule has 1 saturated carbocycles. The van der Waals surface area contributed by atoms with Crippen molar-refractivity contribution in [1.29, 1.82) is 0 Å². The summed E-state index contributed by atoms with van der Waals surface area (Å²) in [5.41, 5.74) is 0. The average molecular weight is 421 g/mol. The molecule has 0 aromatic carbocycles. The Hall–Kier alpha value is 0.0700. The molecule has 1 unspecified atom stereocenters. The summed E-state index contributed by atoms with van der Waals surface area (Å²) in [7, 11) is 2.18. The number of phosphoric acid groups is 1. The highest BCUT2D eigenvalue weighted by Crippen LogP contribution is 2.43. The van der Waals surface area contributed by atoms with Crippen LogP contribution in [0.4, 0.5) is 0 Å². The Labute approximate surface area is 174 Å². The zero-order valence-electron chi connectivity index (χ0n) is 19.0. The number of rotatable bonds is 16. The van der Waals surface area contributed by atoms with Crippen LogP contribution in [0.25, 0.3) is 0 Å². The lowest BCUT2D eigenvalue weighted by Crippen LogP contribution is -2.37. The van der Waals surface area contributed by atoms with Crippen molar-refractivity contribution in [3.05, 3.63) is 0 Å². The highest BCUT2D eigenvalue weighted by molar-refractivity contribution is 7.47. The molecule has 0 saturated heterocycles. The predicted molar refractivity (Wildman–Crippen MR) is 117 cm³/mol. The molecule has 1 rings (SSSR count). The summed E-state index contributed by atoms with van der Waals surface area (Å²) in [5.74, 6) is 1.93. The van der Waals surface area contributed by atoms with Gasteiger partial charge in [0.1, 0.15) is 13.2 Å². The van der Waals surface area contributed by atoms with E-state index in [1.807, 2.05) is 21.1 Å². The van der Waals surface area contributed by atoms with Crippen molar-refractivity contribution >= 4 is 7.82 Å². The Morgan fingerprint density at radius 3 is 1.86 bits per heavy atom. The van der Waals surface area contributed by atoms with Gasteiger partial charge in [-0.3, -0.25) is 9.05 Å². The van der Waals surface area contributed by atoms with E-state index in [9.17, 15) is 9.46 Å². The molecule has 1 aliphatic carbocycles. The van der Waals surface area contributed by atoms with Gasteiger partial charge in [-0.1, -0.05) is 84.0 Å². The van der Waals surface area contributed by atoms with Crippen molar-refractivity contribution in [2.24, 2.45) is 11.8 Å². The average Bonchev–Trinajstić information content (AvgIpc) is 2.61. The maximum atomic E-state index is 11.8. The van der Waals surface area contributed by atoms with Crippen molar-refractivity contribution in [2.75, 3.05) is 40.9 Å². The number of hydrogen-bond acceptors (Lipinski definition) is 3. The number of hydrogen-bond donors (Lipinski definition) is 1. The molecule has 0 aliphatic heterocycles. The van der Waals surface area contributed by atoms with Gasteiger partial charge in [-0.15, -0.1) is 0 Å². The monoisotopic (exact) mass is 420 g/mol. The normalized spacial score (nSPS) is 22.9. The molecule has 0 bridgehead atoms. The third-order valence-electron chi connectivity index (χ3n) is 5.96. The maximum absolute atomic E-state index is 11.8. The summed E-state index contributed by atoms with van der Waals surface area (Å²) in [4.78, 5) is 9.68. The highest BCUT2D eigenvalue weighted by Gasteiger charge is 2.22. The molecule has 1 aliphatic rings. The Bertz CT molecular complexity index is 431. The van der Waals surface area contributed by atoms with Gasteiger partial charge in [0, 0.05) is 0 Å². The van der Waals surface area contributed by atoms with E-state index >= 15 is 0 Å². The number of likely N-dealkylation sites (N-methyl/N-ethyl adjacent to an activating group) is 1. The van der Waals surface area contributed by atoms with Gasteiger partial charge >= 0.3 is 7.82 Å². The quantitative estimate of drug-likeness (QED) is 0.184. The summed E-state index contributed by atoms with van der Waals surface area (Å²) in [6, 6.07) is 0. The molecule has 0 amide bonds. The number of phosphoric ester groups is 1.